The molecule has 0 radical (unpaired) electrons. The second kappa shape index (κ2) is 8.05. The molecule has 2 aromatic heterocycles. The first-order chi connectivity index (χ1) is 12.6. The van der Waals surface area contributed by atoms with Crippen LogP contribution in [-0.2, 0) is 6.54 Å². The topological polar surface area (TPSA) is 68.2 Å². The first-order valence-electron chi connectivity index (χ1n) is 8.31. The number of para-hydroxylation sites is 1. The number of thiazole rings is 1. The van der Waals surface area contributed by atoms with Crippen LogP contribution in [-0.4, -0.2) is 39.4 Å². The van der Waals surface area contributed by atoms with Crippen molar-refractivity contribution in [3.05, 3.63) is 58.9 Å². The van der Waals surface area contributed by atoms with Gasteiger partial charge in [0.15, 0.2) is 10.8 Å². The molecule has 6 nitrogen and oxygen atoms in total. The molecular formula is C19H20N4O2S. The molecule has 0 saturated carbocycles. The molecule has 134 valence electrons. The fourth-order valence-electron chi connectivity index (χ4n) is 2.53. The minimum Gasteiger partial charge on any atom is -0.494 e. The van der Waals surface area contributed by atoms with Crippen molar-refractivity contribution in [2.75, 3.05) is 13.7 Å². The number of nitrogens with zero attached hydrogens (tertiary/aromatic N) is 4. The Bertz CT molecular complexity index is 896. The average molecular weight is 368 g/mol. The van der Waals surface area contributed by atoms with E-state index in [0.29, 0.717) is 34.6 Å². The van der Waals surface area contributed by atoms with Gasteiger partial charge in [0.25, 0.3) is 5.91 Å². The number of rotatable bonds is 6. The van der Waals surface area contributed by atoms with Gasteiger partial charge in [-0.15, -0.1) is 11.3 Å². The molecule has 2 heterocycles. The van der Waals surface area contributed by atoms with Crippen LogP contribution in [0.25, 0.3) is 10.8 Å². The minimum absolute atomic E-state index is 0.0755. The molecule has 0 saturated heterocycles. The van der Waals surface area contributed by atoms with Crippen molar-refractivity contribution in [3.63, 3.8) is 0 Å². The molecule has 0 atom stereocenters. The highest BCUT2D eigenvalue weighted by atomic mass is 32.1. The maximum Gasteiger partial charge on any atom is 0.265 e. The quantitative estimate of drug-likeness (QED) is 0.665. The molecule has 0 unspecified atom stereocenters. The standard InChI is InChI=1S/C19H20N4O2S/c1-4-25-15-9-6-5-8-14(15)12-23(3)19(24)16-13(2)22-18(26-16)17-20-10-7-11-21-17/h5-11H,4,12H2,1-3H3. The summed E-state index contributed by atoms with van der Waals surface area (Å²) in [5.41, 5.74) is 1.66. The van der Waals surface area contributed by atoms with Crippen molar-refractivity contribution in [1.82, 2.24) is 19.9 Å². The van der Waals surface area contributed by atoms with Crippen LogP contribution < -0.4 is 4.74 Å². The van der Waals surface area contributed by atoms with Crippen LogP contribution in [0.15, 0.2) is 42.7 Å². The van der Waals surface area contributed by atoms with Gasteiger partial charge in [-0.1, -0.05) is 18.2 Å². The van der Waals surface area contributed by atoms with E-state index in [0.717, 1.165) is 11.3 Å². The molecule has 0 aliphatic carbocycles. The molecule has 26 heavy (non-hydrogen) atoms. The Morgan fingerprint density at radius 1 is 1.19 bits per heavy atom. The highest BCUT2D eigenvalue weighted by molar-refractivity contribution is 7.17. The number of ether oxygens (including phenoxy) is 1. The molecule has 0 N–H and O–H groups in total. The lowest BCUT2D eigenvalue weighted by atomic mass is 10.2. The number of carbonyl (C=O) groups is 1. The summed E-state index contributed by atoms with van der Waals surface area (Å²) < 4.78 is 5.64. The van der Waals surface area contributed by atoms with E-state index in [1.165, 1.54) is 11.3 Å². The van der Waals surface area contributed by atoms with Crippen LogP contribution >= 0.6 is 11.3 Å². The average Bonchev–Trinajstić information content (AvgIpc) is 3.05. The van der Waals surface area contributed by atoms with E-state index in [1.54, 1.807) is 30.4 Å². The van der Waals surface area contributed by atoms with Crippen molar-refractivity contribution in [3.8, 4) is 16.6 Å². The van der Waals surface area contributed by atoms with Gasteiger partial charge in [-0.3, -0.25) is 4.79 Å². The summed E-state index contributed by atoms with van der Waals surface area (Å²) in [7, 11) is 1.78. The van der Waals surface area contributed by atoms with Crippen LogP contribution in [0.1, 0.15) is 27.9 Å². The van der Waals surface area contributed by atoms with Gasteiger partial charge in [-0.05, 0) is 26.0 Å². The second-order valence-corrected chi connectivity index (χ2v) is 6.71. The SMILES string of the molecule is CCOc1ccccc1CN(C)C(=O)c1sc(-c2ncccn2)nc1C. The molecule has 3 rings (SSSR count). The predicted octanol–water partition coefficient (Wildman–Crippen LogP) is 3.58. The summed E-state index contributed by atoms with van der Waals surface area (Å²) >= 11 is 1.32. The van der Waals surface area contributed by atoms with Crippen molar-refractivity contribution in [1.29, 1.82) is 0 Å². The van der Waals surface area contributed by atoms with Crippen LogP contribution in [0.5, 0.6) is 5.75 Å². The largest absolute Gasteiger partial charge is 0.494 e. The maximum absolute atomic E-state index is 12.9. The number of hydrogen-bond donors (Lipinski definition) is 0. The van der Waals surface area contributed by atoms with E-state index >= 15 is 0 Å². The molecule has 3 aromatic rings. The molecule has 0 spiro atoms. The molecule has 1 amide bonds. The van der Waals surface area contributed by atoms with E-state index in [2.05, 4.69) is 15.0 Å². The lowest BCUT2D eigenvalue weighted by molar-refractivity contribution is 0.0788. The van der Waals surface area contributed by atoms with E-state index in [1.807, 2.05) is 38.1 Å². The Balaban J connectivity index is 1.80. The smallest absolute Gasteiger partial charge is 0.265 e. The number of aryl methyl sites for hydroxylation is 1. The lowest BCUT2D eigenvalue weighted by Crippen LogP contribution is -2.26. The zero-order chi connectivity index (χ0) is 18.5. The third-order valence-corrected chi connectivity index (χ3v) is 4.92. The Labute approximate surface area is 156 Å². The summed E-state index contributed by atoms with van der Waals surface area (Å²) in [6.07, 6.45) is 3.33. The van der Waals surface area contributed by atoms with Crippen LogP contribution in [0.2, 0.25) is 0 Å². The molecule has 0 bridgehead atoms. The number of aromatic nitrogens is 3. The number of carbonyl (C=O) groups excluding carboxylic acids is 1. The van der Waals surface area contributed by atoms with Gasteiger partial charge in [0.1, 0.15) is 10.6 Å². The Morgan fingerprint density at radius 3 is 2.65 bits per heavy atom. The normalized spacial score (nSPS) is 10.6. The summed E-state index contributed by atoms with van der Waals surface area (Å²) in [4.78, 5) is 28.0. The highest BCUT2D eigenvalue weighted by Gasteiger charge is 2.21. The third-order valence-electron chi connectivity index (χ3n) is 3.77. The van der Waals surface area contributed by atoms with E-state index in [4.69, 9.17) is 4.74 Å². The summed E-state index contributed by atoms with van der Waals surface area (Å²) in [5, 5.41) is 0.648. The van der Waals surface area contributed by atoms with Crippen LogP contribution in [0.4, 0.5) is 0 Å². The van der Waals surface area contributed by atoms with Gasteiger partial charge in [-0.2, -0.15) is 0 Å². The number of hydrogen-bond acceptors (Lipinski definition) is 6. The monoisotopic (exact) mass is 368 g/mol. The van der Waals surface area contributed by atoms with Gasteiger partial charge in [0, 0.05) is 31.5 Å². The van der Waals surface area contributed by atoms with Crippen LogP contribution in [0.3, 0.4) is 0 Å². The summed E-state index contributed by atoms with van der Waals surface area (Å²) in [6.45, 7) is 4.82. The van der Waals surface area contributed by atoms with Crippen molar-refractivity contribution in [2.24, 2.45) is 0 Å². The number of amides is 1. The van der Waals surface area contributed by atoms with Crippen molar-refractivity contribution in [2.45, 2.75) is 20.4 Å². The maximum atomic E-state index is 12.9. The molecule has 1 aromatic carbocycles. The minimum atomic E-state index is -0.0755. The van der Waals surface area contributed by atoms with Gasteiger partial charge >= 0.3 is 0 Å². The highest BCUT2D eigenvalue weighted by Crippen LogP contribution is 2.27. The predicted molar refractivity (Wildman–Crippen MR) is 101 cm³/mol. The Kier molecular flexibility index (Phi) is 5.58. The number of benzene rings is 1. The first-order valence-corrected chi connectivity index (χ1v) is 9.12. The van der Waals surface area contributed by atoms with Crippen molar-refractivity contribution >= 4 is 17.2 Å². The molecule has 7 heteroatoms. The molecule has 0 fully saturated rings. The lowest BCUT2D eigenvalue weighted by Gasteiger charge is -2.18. The summed E-state index contributed by atoms with van der Waals surface area (Å²) in [5.74, 6) is 1.26. The van der Waals surface area contributed by atoms with Gasteiger partial charge in [0.05, 0.1) is 12.3 Å². The van der Waals surface area contributed by atoms with E-state index in [-0.39, 0.29) is 5.91 Å². The zero-order valence-electron chi connectivity index (χ0n) is 15.0. The summed E-state index contributed by atoms with van der Waals surface area (Å²) in [6, 6.07) is 9.51. The Morgan fingerprint density at radius 2 is 1.92 bits per heavy atom. The second-order valence-electron chi connectivity index (χ2n) is 5.71. The molecular weight excluding hydrogens is 348 g/mol. The van der Waals surface area contributed by atoms with E-state index < -0.39 is 0 Å². The third kappa shape index (κ3) is 3.88. The van der Waals surface area contributed by atoms with Gasteiger partial charge in [0.2, 0.25) is 0 Å². The van der Waals surface area contributed by atoms with Crippen molar-refractivity contribution < 1.29 is 9.53 Å². The van der Waals surface area contributed by atoms with Crippen LogP contribution in [0, 0.1) is 6.92 Å². The van der Waals surface area contributed by atoms with Gasteiger partial charge in [-0.25, -0.2) is 15.0 Å². The fraction of sp³-hybridized carbons (Fsp3) is 0.263. The molecule has 0 aliphatic heterocycles. The van der Waals surface area contributed by atoms with Gasteiger partial charge < -0.3 is 9.64 Å². The van der Waals surface area contributed by atoms with E-state index in [9.17, 15) is 4.79 Å². The zero-order valence-corrected chi connectivity index (χ0v) is 15.8. The molecule has 0 aliphatic rings. The Hall–Kier alpha value is -2.80. The fourth-order valence-corrected chi connectivity index (χ4v) is 3.54. The first kappa shape index (κ1) is 18.0.